The highest BCUT2D eigenvalue weighted by atomic mass is 16.6. The number of carbonyl (C=O) groups is 2. The third-order valence-corrected chi connectivity index (χ3v) is 3.85. The van der Waals surface area contributed by atoms with Gasteiger partial charge in [-0.3, -0.25) is 4.79 Å². The molecule has 0 spiro atoms. The molecule has 1 heterocycles. The Bertz CT molecular complexity index is 521. The standard InChI is InChI=1S/C17H24N2O4/c1-3-22-16(20)14-11-19(17(21)23-4-2)12-15(14)18-10-13-8-6-5-7-9-13/h5-9,14-15,18H,3-4,10-12H2,1-2H3. The normalized spacial score (nSPS) is 20.3. The first-order valence-corrected chi connectivity index (χ1v) is 8.01. The summed E-state index contributed by atoms with van der Waals surface area (Å²) in [5, 5.41) is 3.36. The number of likely N-dealkylation sites (tertiary alicyclic amines) is 1. The maximum absolute atomic E-state index is 12.2. The molecule has 0 aromatic heterocycles. The number of hydrogen-bond donors (Lipinski definition) is 1. The fourth-order valence-corrected chi connectivity index (χ4v) is 2.71. The minimum atomic E-state index is -0.384. The maximum Gasteiger partial charge on any atom is 0.409 e. The molecule has 6 nitrogen and oxygen atoms in total. The Hall–Kier alpha value is -2.08. The SMILES string of the molecule is CCOC(=O)C1CN(C(=O)OCC)CC1NCc1ccccc1. The van der Waals surface area contributed by atoms with Crippen molar-refractivity contribution in [1.29, 1.82) is 0 Å². The first-order chi connectivity index (χ1) is 11.2. The number of hydrogen-bond acceptors (Lipinski definition) is 5. The first-order valence-electron chi connectivity index (χ1n) is 8.01. The molecule has 1 N–H and O–H groups in total. The van der Waals surface area contributed by atoms with E-state index in [2.05, 4.69) is 5.32 Å². The van der Waals surface area contributed by atoms with Crippen molar-refractivity contribution in [1.82, 2.24) is 10.2 Å². The molecular weight excluding hydrogens is 296 g/mol. The van der Waals surface area contributed by atoms with Crippen LogP contribution < -0.4 is 5.32 Å². The molecule has 126 valence electrons. The first kappa shape index (κ1) is 17.3. The second kappa shape index (κ2) is 8.53. The average molecular weight is 320 g/mol. The molecule has 1 saturated heterocycles. The van der Waals surface area contributed by atoms with Crippen LogP contribution in [0.25, 0.3) is 0 Å². The average Bonchev–Trinajstić information content (AvgIpc) is 2.99. The molecule has 2 atom stereocenters. The predicted molar refractivity (Wildman–Crippen MR) is 85.8 cm³/mol. The van der Waals surface area contributed by atoms with Crippen LogP contribution in [0.5, 0.6) is 0 Å². The molecule has 1 amide bonds. The van der Waals surface area contributed by atoms with E-state index in [1.165, 1.54) is 0 Å². The Labute approximate surface area is 136 Å². The van der Waals surface area contributed by atoms with Crippen LogP contribution in [0.1, 0.15) is 19.4 Å². The Morgan fingerprint density at radius 3 is 2.48 bits per heavy atom. The van der Waals surface area contributed by atoms with E-state index in [-0.39, 0.29) is 24.0 Å². The number of nitrogens with one attached hydrogen (secondary N) is 1. The zero-order valence-corrected chi connectivity index (χ0v) is 13.7. The van der Waals surface area contributed by atoms with Crippen LogP contribution in [0.15, 0.2) is 30.3 Å². The molecule has 6 heteroatoms. The van der Waals surface area contributed by atoms with E-state index in [9.17, 15) is 9.59 Å². The second-order valence-corrected chi connectivity index (χ2v) is 5.44. The third kappa shape index (κ3) is 4.69. The summed E-state index contributed by atoms with van der Waals surface area (Å²) in [4.78, 5) is 25.6. The van der Waals surface area contributed by atoms with Crippen molar-refractivity contribution >= 4 is 12.1 Å². The van der Waals surface area contributed by atoms with Gasteiger partial charge in [-0.25, -0.2) is 4.79 Å². The van der Waals surface area contributed by atoms with Crippen molar-refractivity contribution in [2.75, 3.05) is 26.3 Å². The minimum absolute atomic E-state index is 0.140. The molecule has 1 aliphatic rings. The van der Waals surface area contributed by atoms with Gasteiger partial charge in [0.15, 0.2) is 0 Å². The van der Waals surface area contributed by atoms with Gasteiger partial charge in [0.25, 0.3) is 0 Å². The molecule has 1 aromatic carbocycles. The van der Waals surface area contributed by atoms with E-state index in [1.807, 2.05) is 30.3 Å². The van der Waals surface area contributed by atoms with Gasteiger partial charge >= 0.3 is 12.1 Å². The summed E-state index contributed by atoms with van der Waals surface area (Å²) in [5.74, 6) is -0.645. The number of rotatable bonds is 6. The smallest absolute Gasteiger partial charge is 0.409 e. The van der Waals surface area contributed by atoms with Gasteiger partial charge in [0.1, 0.15) is 0 Å². The molecular formula is C17H24N2O4. The molecule has 1 fully saturated rings. The second-order valence-electron chi connectivity index (χ2n) is 5.44. The monoisotopic (exact) mass is 320 g/mol. The van der Waals surface area contributed by atoms with Gasteiger partial charge in [0.2, 0.25) is 0 Å². The molecule has 2 rings (SSSR count). The maximum atomic E-state index is 12.2. The van der Waals surface area contributed by atoms with Crippen LogP contribution in [0.4, 0.5) is 4.79 Å². The van der Waals surface area contributed by atoms with Gasteiger partial charge in [-0.2, -0.15) is 0 Å². The lowest BCUT2D eigenvalue weighted by Gasteiger charge is -2.18. The van der Waals surface area contributed by atoms with Crippen LogP contribution in [0.3, 0.4) is 0 Å². The van der Waals surface area contributed by atoms with Crippen molar-refractivity contribution in [3.05, 3.63) is 35.9 Å². The van der Waals surface area contributed by atoms with Crippen LogP contribution in [0.2, 0.25) is 0 Å². The van der Waals surface area contributed by atoms with Crippen molar-refractivity contribution < 1.29 is 19.1 Å². The van der Waals surface area contributed by atoms with Crippen molar-refractivity contribution in [3.63, 3.8) is 0 Å². The van der Waals surface area contributed by atoms with Gasteiger partial charge in [0, 0.05) is 25.7 Å². The molecule has 1 aromatic rings. The Morgan fingerprint density at radius 2 is 1.83 bits per heavy atom. The number of carbonyl (C=O) groups excluding carboxylic acids is 2. The summed E-state index contributed by atoms with van der Waals surface area (Å²) in [6.45, 7) is 5.60. The van der Waals surface area contributed by atoms with E-state index in [1.54, 1.807) is 18.7 Å². The zero-order chi connectivity index (χ0) is 16.7. The largest absolute Gasteiger partial charge is 0.466 e. The highest BCUT2D eigenvalue weighted by Gasteiger charge is 2.40. The molecule has 1 aliphatic heterocycles. The summed E-state index contributed by atoms with van der Waals surface area (Å²) in [6.07, 6.45) is -0.384. The summed E-state index contributed by atoms with van der Waals surface area (Å²) >= 11 is 0. The van der Waals surface area contributed by atoms with E-state index in [0.29, 0.717) is 32.8 Å². The summed E-state index contributed by atoms with van der Waals surface area (Å²) in [6, 6.07) is 9.80. The van der Waals surface area contributed by atoms with E-state index >= 15 is 0 Å². The fourth-order valence-electron chi connectivity index (χ4n) is 2.71. The summed E-state index contributed by atoms with van der Waals surface area (Å²) in [7, 11) is 0. The van der Waals surface area contributed by atoms with Crippen molar-refractivity contribution in [3.8, 4) is 0 Å². The fraction of sp³-hybridized carbons (Fsp3) is 0.529. The van der Waals surface area contributed by atoms with Crippen LogP contribution in [0, 0.1) is 5.92 Å². The third-order valence-electron chi connectivity index (χ3n) is 3.85. The van der Waals surface area contributed by atoms with Gasteiger partial charge < -0.3 is 19.7 Å². The molecule has 0 radical (unpaired) electrons. The highest BCUT2D eigenvalue weighted by Crippen LogP contribution is 2.20. The molecule has 23 heavy (non-hydrogen) atoms. The lowest BCUT2D eigenvalue weighted by molar-refractivity contribution is -0.148. The molecule has 2 unspecified atom stereocenters. The quantitative estimate of drug-likeness (QED) is 0.810. The van der Waals surface area contributed by atoms with E-state index < -0.39 is 0 Å². The lowest BCUT2D eigenvalue weighted by atomic mass is 10.0. The summed E-state index contributed by atoms with van der Waals surface area (Å²) < 4.78 is 10.2. The highest BCUT2D eigenvalue weighted by molar-refractivity contribution is 5.76. The lowest BCUT2D eigenvalue weighted by Crippen LogP contribution is -2.40. The number of ether oxygens (including phenoxy) is 2. The molecule has 0 aliphatic carbocycles. The van der Waals surface area contributed by atoms with Crippen LogP contribution in [-0.4, -0.2) is 49.3 Å². The van der Waals surface area contributed by atoms with Crippen LogP contribution in [-0.2, 0) is 20.8 Å². The Kier molecular flexibility index (Phi) is 6.40. The zero-order valence-electron chi connectivity index (χ0n) is 13.7. The van der Waals surface area contributed by atoms with Crippen LogP contribution >= 0.6 is 0 Å². The van der Waals surface area contributed by atoms with Gasteiger partial charge in [-0.1, -0.05) is 30.3 Å². The van der Waals surface area contributed by atoms with Gasteiger partial charge in [0.05, 0.1) is 19.1 Å². The molecule has 0 saturated carbocycles. The van der Waals surface area contributed by atoms with Crippen molar-refractivity contribution in [2.45, 2.75) is 26.4 Å². The minimum Gasteiger partial charge on any atom is -0.466 e. The Morgan fingerprint density at radius 1 is 1.13 bits per heavy atom. The van der Waals surface area contributed by atoms with Gasteiger partial charge in [-0.05, 0) is 19.4 Å². The van der Waals surface area contributed by atoms with E-state index in [0.717, 1.165) is 5.56 Å². The van der Waals surface area contributed by atoms with Crippen molar-refractivity contribution in [2.24, 2.45) is 5.92 Å². The number of nitrogens with zero attached hydrogens (tertiary/aromatic N) is 1. The molecule has 0 bridgehead atoms. The Balaban J connectivity index is 2.00. The number of esters is 1. The topological polar surface area (TPSA) is 67.9 Å². The van der Waals surface area contributed by atoms with E-state index in [4.69, 9.17) is 9.47 Å². The number of amides is 1. The summed E-state index contributed by atoms with van der Waals surface area (Å²) in [5.41, 5.74) is 1.13. The predicted octanol–water partition coefficient (Wildman–Crippen LogP) is 1.80. The van der Waals surface area contributed by atoms with Gasteiger partial charge in [-0.15, -0.1) is 0 Å². The number of benzene rings is 1.